The first-order valence-electron chi connectivity index (χ1n) is 9.12. The summed E-state index contributed by atoms with van der Waals surface area (Å²) in [5.74, 6) is -0.880. The number of aromatic nitrogens is 2. The number of hydrogen-bond donors (Lipinski definition) is 2. The van der Waals surface area contributed by atoms with E-state index in [1.165, 1.54) is 10.5 Å². The molecule has 0 radical (unpaired) electrons. The standard InChI is InChI=1S/C21H24N4O2/c1-3-4-15-5-7-16(8-6-15)14(2)25(13-19(22)26)21(27)18-10-9-17-11-12-23-20(17)24-18/h5-12,14H,3-4,13H2,1-2H3,(H2,22,26)(H,23,24)/t14-/m0/s1. The van der Waals surface area contributed by atoms with E-state index in [-0.39, 0.29) is 24.2 Å². The van der Waals surface area contributed by atoms with Gasteiger partial charge in [-0.2, -0.15) is 0 Å². The molecule has 3 rings (SSSR count). The highest BCUT2D eigenvalue weighted by molar-refractivity contribution is 5.96. The van der Waals surface area contributed by atoms with Gasteiger partial charge in [-0.3, -0.25) is 9.59 Å². The Balaban J connectivity index is 1.89. The average molecular weight is 364 g/mol. The van der Waals surface area contributed by atoms with Crippen LogP contribution in [-0.2, 0) is 11.2 Å². The largest absolute Gasteiger partial charge is 0.368 e. The van der Waals surface area contributed by atoms with Gasteiger partial charge in [0.05, 0.1) is 6.04 Å². The number of aromatic amines is 1. The van der Waals surface area contributed by atoms with Gasteiger partial charge in [-0.05, 0) is 42.7 Å². The number of benzene rings is 1. The van der Waals surface area contributed by atoms with Crippen molar-refractivity contribution in [3.05, 3.63) is 65.5 Å². The third-order valence-corrected chi connectivity index (χ3v) is 4.68. The number of nitrogens with one attached hydrogen (secondary N) is 1. The number of H-pyrrole nitrogens is 1. The molecule has 1 atom stereocenters. The second-order valence-corrected chi connectivity index (χ2v) is 6.68. The number of carbonyl (C=O) groups excluding carboxylic acids is 2. The minimum atomic E-state index is -0.557. The molecule has 0 fully saturated rings. The summed E-state index contributed by atoms with van der Waals surface area (Å²) in [5.41, 5.74) is 8.52. The fourth-order valence-electron chi connectivity index (χ4n) is 3.18. The van der Waals surface area contributed by atoms with Crippen LogP contribution in [-0.4, -0.2) is 33.2 Å². The van der Waals surface area contributed by atoms with Crippen LogP contribution in [0.3, 0.4) is 0 Å². The lowest BCUT2D eigenvalue weighted by atomic mass is 10.0. The molecule has 27 heavy (non-hydrogen) atoms. The summed E-state index contributed by atoms with van der Waals surface area (Å²) in [6, 6.07) is 13.2. The van der Waals surface area contributed by atoms with E-state index in [9.17, 15) is 9.59 Å². The van der Waals surface area contributed by atoms with Crippen molar-refractivity contribution in [2.24, 2.45) is 5.73 Å². The predicted octanol–water partition coefficient (Wildman–Crippen LogP) is 3.20. The van der Waals surface area contributed by atoms with Gasteiger partial charge in [-0.15, -0.1) is 0 Å². The van der Waals surface area contributed by atoms with Gasteiger partial charge >= 0.3 is 0 Å². The topological polar surface area (TPSA) is 92.1 Å². The molecule has 0 saturated heterocycles. The lowest BCUT2D eigenvalue weighted by Crippen LogP contribution is -2.40. The summed E-state index contributed by atoms with van der Waals surface area (Å²) < 4.78 is 0. The van der Waals surface area contributed by atoms with E-state index >= 15 is 0 Å². The Kier molecular flexibility index (Phi) is 5.54. The Hall–Kier alpha value is -3.15. The van der Waals surface area contributed by atoms with Crippen molar-refractivity contribution in [3.8, 4) is 0 Å². The van der Waals surface area contributed by atoms with Gasteiger partial charge in [0.1, 0.15) is 17.9 Å². The molecule has 1 aromatic carbocycles. The fourth-order valence-corrected chi connectivity index (χ4v) is 3.18. The van der Waals surface area contributed by atoms with Crippen molar-refractivity contribution in [1.82, 2.24) is 14.9 Å². The molecular formula is C21H24N4O2. The normalized spacial score (nSPS) is 12.1. The van der Waals surface area contributed by atoms with E-state index in [4.69, 9.17) is 5.73 Å². The molecule has 0 bridgehead atoms. The third-order valence-electron chi connectivity index (χ3n) is 4.68. The number of aryl methyl sites for hydroxylation is 1. The van der Waals surface area contributed by atoms with Gasteiger partial charge < -0.3 is 15.6 Å². The monoisotopic (exact) mass is 364 g/mol. The number of fused-ring (bicyclic) bond motifs is 1. The van der Waals surface area contributed by atoms with E-state index in [1.807, 2.05) is 31.2 Å². The summed E-state index contributed by atoms with van der Waals surface area (Å²) in [6.07, 6.45) is 3.86. The van der Waals surface area contributed by atoms with Gasteiger partial charge in [0.15, 0.2) is 0 Å². The Morgan fingerprint density at radius 2 is 1.89 bits per heavy atom. The van der Waals surface area contributed by atoms with Crippen LogP contribution in [0.15, 0.2) is 48.7 Å². The van der Waals surface area contributed by atoms with Crippen LogP contribution in [0.2, 0.25) is 0 Å². The SMILES string of the molecule is CCCc1ccc([C@H](C)N(CC(N)=O)C(=O)c2ccc3cc[nH]c3n2)cc1. The minimum Gasteiger partial charge on any atom is -0.368 e. The highest BCUT2D eigenvalue weighted by atomic mass is 16.2. The molecule has 0 spiro atoms. The first-order valence-corrected chi connectivity index (χ1v) is 9.12. The maximum absolute atomic E-state index is 13.1. The molecule has 3 aromatic rings. The average Bonchev–Trinajstić information content (AvgIpc) is 3.13. The quantitative estimate of drug-likeness (QED) is 0.674. The molecule has 0 saturated carbocycles. The van der Waals surface area contributed by atoms with E-state index < -0.39 is 5.91 Å². The molecule has 6 heteroatoms. The van der Waals surface area contributed by atoms with Crippen LogP contribution in [0.25, 0.3) is 11.0 Å². The number of hydrogen-bond acceptors (Lipinski definition) is 3. The minimum absolute atomic E-state index is 0.166. The van der Waals surface area contributed by atoms with Crippen LogP contribution >= 0.6 is 0 Å². The van der Waals surface area contributed by atoms with Crippen molar-refractivity contribution >= 4 is 22.8 Å². The summed E-state index contributed by atoms with van der Waals surface area (Å²) in [4.78, 5) is 33.5. The first kappa shape index (κ1) is 18.6. The zero-order chi connectivity index (χ0) is 19.4. The van der Waals surface area contributed by atoms with Gasteiger partial charge in [0.2, 0.25) is 5.91 Å². The second kappa shape index (κ2) is 8.03. The van der Waals surface area contributed by atoms with Crippen LogP contribution in [0.1, 0.15) is 47.9 Å². The number of carbonyl (C=O) groups is 2. The molecular weight excluding hydrogens is 340 g/mol. The van der Waals surface area contributed by atoms with Crippen molar-refractivity contribution in [2.45, 2.75) is 32.7 Å². The van der Waals surface area contributed by atoms with Crippen LogP contribution in [0.5, 0.6) is 0 Å². The van der Waals surface area contributed by atoms with Crippen molar-refractivity contribution in [1.29, 1.82) is 0 Å². The van der Waals surface area contributed by atoms with E-state index in [1.54, 1.807) is 12.3 Å². The molecule has 2 amide bonds. The molecule has 2 heterocycles. The zero-order valence-corrected chi connectivity index (χ0v) is 15.6. The van der Waals surface area contributed by atoms with E-state index in [2.05, 4.69) is 29.0 Å². The Labute approximate surface area is 158 Å². The zero-order valence-electron chi connectivity index (χ0n) is 15.6. The van der Waals surface area contributed by atoms with Gasteiger partial charge in [-0.25, -0.2) is 4.98 Å². The molecule has 3 N–H and O–H groups in total. The Bertz CT molecular complexity index is 946. The van der Waals surface area contributed by atoms with Gasteiger partial charge in [-0.1, -0.05) is 37.6 Å². The number of nitrogens with two attached hydrogens (primary N) is 1. The fraction of sp³-hybridized carbons (Fsp3) is 0.286. The van der Waals surface area contributed by atoms with Crippen molar-refractivity contribution in [2.75, 3.05) is 6.54 Å². The number of rotatable bonds is 7. The smallest absolute Gasteiger partial charge is 0.273 e. The lowest BCUT2D eigenvalue weighted by Gasteiger charge is -2.28. The Morgan fingerprint density at radius 3 is 2.56 bits per heavy atom. The van der Waals surface area contributed by atoms with Gasteiger partial charge in [0, 0.05) is 11.6 Å². The highest BCUT2D eigenvalue weighted by Crippen LogP contribution is 2.23. The number of amides is 2. The number of pyridine rings is 1. The number of nitrogens with zero attached hydrogens (tertiary/aromatic N) is 2. The van der Waals surface area contributed by atoms with E-state index in [0.717, 1.165) is 23.8 Å². The molecule has 0 aliphatic rings. The molecule has 0 aliphatic heterocycles. The van der Waals surface area contributed by atoms with Crippen molar-refractivity contribution < 1.29 is 9.59 Å². The molecule has 140 valence electrons. The highest BCUT2D eigenvalue weighted by Gasteiger charge is 2.25. The Morgan fingerprint density at radius 1 is 1.15 bits per heavy atom. The van der Waals surface area contributed by atoms with Crippen LogP contribution < -0.4 is 5.73 Å². The van der Waals surface area contributed by atoms with Crippen LogP contribution in [0.4, 0.5) is 0 Å². The molecule has 2 aromatic heterocycles. The molecule has 6 nitrogen and oxygen atoms in total. The van der Waals surface area contributed by atoms with Gasteiger partial charge in [0.25, 0.3) is 5.91 Å². The second-order valence-electron chi connectivity index (χ2n) is 6.68. The third kappa shape index (κ3) is 4.16. The van der Waals surface area contributed by atoms with Crippen LogP contribution in [0, 0.1) is 0 Å². The number of primary amides is 1. The van der Waals surface area contributed by atoms with Crippen molar-refractivity contribution in [3.63, 3.8) is 0 Å². The maximum Gasteiger partial charge on any atom is 0.273 e. The summed E-state index contributed by atoms with van der Waals surface area (Å²) in [6.45, 7) is 3.86. The predicted molar refractivity (Wildman–Crippen MR) is 105 cm³/mol. The lowest BCUT2D eigenvalue weighted by molar-refractivity contribution is -0.119. The summed E-state index contributed by atoms with van der Waals surface area (Å²) >= 11 is 0. The molecule has 0 unspecified atom stereocenters. The molecule has 0 aliphatic carbocycles. The van der Waals surface area contributed by atoms with E-state index in [0.29, 0.717) is 5.65 Å². The summed E-state index contributed by atoms with van der Waals surface area (Å²) in [5, 5.41) is 0.924. The summed E-state index contributed by atoms with van der Waals surface area (Å²) in [7, 11) is 0. The first-order chi connectivity index (χ1) is 13.0. The maximum atomic E-state index is 13.1.